The number of rotatable bonds is 7. The quantitative estimate of drug-likeness (QED) is 0.559. The van der Waals surface area contributed by atoms with Gasteiger partial charge in [-0.3, -0.25) is 4.79 Å². The first-order valence-electron chi connectivity index (χ1n) is 6.64. The molecule has 2 N–H and O–H groups in total. The summed E-state index contributed by atoms with van der Waals surface area (Å²) in [6.45, 7) is 5.81. The highest BCUT2D eigenvalue weighted by molar-refractivity contribution is 5.82. The topological polar surface area (TPSA) is 72.6 Å². The molecule has 0 saturated carbocycles. The molecule has 18 heavy (non-hydrogen) atoms. The van der Waals surface area contributed by atoms with Crippen molar-refractivity contribution in [1.82, 2.24) is 5.06 Å². The molecule has 5 heteroatoms. The van der Waals surface area contributed by atoms with Crippen molar-refractivity contribution >= 4 is 11.9 Å². The average Bonchev–Trinajstić information content (AvgIpc) is 2.32. The zero-order valence-electron chi connectivity index (χ0n) is 11.9. The lowest BCUT2D eigenvalue weighted by molar-refractivity contribution is -0.194. The molecule has 0 aliphatic rings. The zero-order chi connectivity index (χ0) is 14.1. The first-order chi connectivity index (χ1) is 8.40. The Kier molecular flexibility index (Phi) is 8.37. The number of likely N-dealkylation sites (N-methyl/N-ethyl adjacent to an activating group) is 1. The molecular weight excluding hydrogens is 232 g/mol. The van der Waals surface area contributed by atoms with Crippen LogP contribution in [0, 0.1) is 5.92 Å². The highest BCUT2D eigenvalue weighted by atomic mass is 16.7. The summed E-state index contributed by atoms with van der Waals surface area (Å²) in [5, 5.41) is 0.951. The van der Waals surface area contributed by atoms with Crippen LogP contribution in [0.25, 0.3) is 0 Å². The van der Waals surface area contributed by atoms with E-state index in [0.717, 1.165) is 30.7 Å². The Bertz CT molecular complexity index is 267. The van der Waals surface area contributed by atoms with E-state index in [4.69, 9.17) is 10.6 Å². The van der Waals surface area contributed by atoms with Crippen molar-refractivity contribution in [3.05, 3.63) is 0 Å². The van der Waals surface area contributed by atoms with E-state index in [1.807, 2.05) is 13.8 Å². The molecule has 106 valence electrons. The van der Waals surface area contributed by atoms with Gasteiger partial charge in [0, 0.05) is 13.5 Å². The minimum atomic E-state index is -0.636. The van der Waals surface area contributed by atoms with E-state index in [1.54, 1.807) is 0 Å². The molecule has 0 aromatic rings. The van der Waals surface area contributed by atoms with Gasteiger partial charge in [0.25, 0.3) is 5.91 Å². The van der Waals surface area contributed by atoms with Crippen LogP contribution in [0.5, 0.6) is 0 Å². The molecule has 1 amide bonds. The van der Waals surface area contributed by atoms with Crippen molar-refractivity contribution in [1.29, 1.82) is 0 Å². The van der Waals surface area contributed by atoms with Crippen LogP contribution < -0.4 is 5.73 Å². The van der Waals surface area contributed by atoms with Gasteiger partial charge in [-0.15, -0.1) is 0 Å². The third-order valence-corrected chi connectivity index (χ3v) is 2.79. The molecule has 0 spiro atoms. The van der Waals surface area contributed by atoms with Crippen molar-refractivity contribution in [2.24, 2.45) is 11.7 Å². The number of nitrogens with two attached hydrogens (primary N) is 1. The van der Waals surface area contributed by atoms with Crippen molar-refractivity contribution in [2.45, 2.75) is 58.9 Å². The summed E-state index contributed by atoms with van der Waals surface area (Å²) in [4.78, 5) is 28.1. The lowest BCUT2D eigenvalue weighted by atomic mass is 10.1. The maximum Gasteiger partial charge on any atom is 0.332 e. The van der Waals surface area contributed by atoms with Gasteiger partial charge in [-0.1, -0.05) is 40.0 Å². The van der Waals surface area contributed by atoms with Crippen molar-refractivity contribution in [2.75, 3.05) is 7.05 Å². The van der Waals surface area contributed by atoms with E-state index >= 15 is 0 Å². The van der Waals surface area contributed by atoms with Crippen LogP contribution in [-0.4, -0.2) is 30.0 Å². The van der Waals surface area contributed by atoms with Crippen LogP contribution in [0.3, 0.4) is 0 Å². The van der Waals surface area contributed by atoms with Crippen LogP contribution >= 0.6 is 0 Å². The molecule has 0 aromatic carbocycles. The standard InChI is InChI=1S/C13H26N2O3/c1-5-6-7-8-9-11(16)18-15(4)13(17)12(14)10(2)3/h10,12H,5-9,14H2,1-4H3/t12-/m0/s1. The second kappa shape index (κ2) is 8.91. The predicted molar refractivity (Wildman–Crippen MR) is 70.4 cm³/mol. The van der Waals surface area contributed by atoms with Crippen LogP contribution in [0.4, 0.5) is 0 Å². The lowest BCUT2D eigenvalue weighted by Gasteiger charge is -2.22. The van der Waals surface area contributed by atoms with E-state index in [0.29, 0.717) is 6.42 Å². The van der Waals surface area contributed by atoms with Gasteiger partial charge in [0.2, 0.25) is 0 Å². The summed E-state index contributed by atoms with van der Waals surface area (Å²) >= 11 is 0. The minimum absolute atomic E-state index is 0.0169. The van der Waals surface area contributed by atoms with Crippen LogP contribution in [0.2, 0.25) is 0 Å². The van der Waals surface area contributed by atoms with Gasteiger partial charge in [-0.2, -0.15) is 5.06 Å². The van der Waals surface area contributed by atoms with E-state index in [1.165, 1.54) is 7.05 Å². The Hall–Kier alpha value is -1.10. The highest BCUT2D eigenvalue weighted by Crippen LogP contribution is 2.06. The SMILES string of the molecule is CCCCCCC(=O)ON(C)C(=O)[C@@H](N)C(C)C. The molecule has 0 aliphatic heterocycles. The second-order valence-corrected chi connectivity index (χ2v) is 4.88. The number of amides is 1. The Morgan fingerprint density at radius 1 is 1.22 bits per heavy atom. The largest absolute Gasteiger partial charge is 0.338 e. The summed E-state index contributed by atoms with van der Waals surface area (Å²) < 4.78 is 0. The lowest BCUT2D eigenvalue weighted by Crippen LogP contribution is -2.45. The normalized spacial score (nSPS) is 12.3. The van der Waals surface area contributed by atoms with E-state index < -0.39 is 6.04 Å². The third kappa shape index (κ3) is 6.59. The fourth-order valence-corrected chi connectivity index (χ4v) is 1.43. The van der Waals surface area contributed by atoms with Crippen LogP contribution in [-0.2, 0) is 14.4 Å². The number of carbonyl (C=O) groups excluding carboxylic acids is 2. The number of nitrogens with zero attached hydrogens (tertiary/aromatic N) is 1. The summed E-state index contributed by atoms with van der Waals surface area (Å²) in [6, 6.07) is -0.636. The second-order valence-electron chi connectivity index (χ2n) is 4.88. The van der Waals surface area contributed by atoms with Crippen LogP contribution in [0.1, 0.15) is 52.9 Å². The van der Waals surface area contributed by atoms with E-state index in [-0.39, 0.29) is 17.8 Å². The summed E-state index contributed by atoms with van der Waals surface area (Å²) in [6.07, 6.45) is 4.38. The minimum Gasteiger partial charge on any atom is -0.338 e. The molecule has 0 radical (unpaired) electrons. The highest BCUT2D eigenvalue weighted by Gasteiger charge is 2.23. The number of hydrogen-bond acceptors (Lipinski definition) is 4. The maximum atomic E-state index is 11.7. The van der Waals surface area contributed by atoms with Crippen LogP contribution in [0.15, 0.2) is 0 Å². The molecule has 0 unspecified atom stereocenters. The molecular formula is C13H26N2O3. The monoisotopic (exact) mass is 258 g/mol. The Morgan fingerprint density at radius 2 is 1.83 bits per heavy atom. The summed E-state index contributed by atoms with van der Waals surface area (Å²) in [5.74, 6) is -0.729. The van der Waals surface area contributed by atoms with Gasteiger partial charge in [-0.25, -0.2) is 4.79 Å². The molecule has 0 heterocycles. The number of hydroxylamine groups is 2. The molecule has 0 fully saturated rings. The van der Waals surface area contributed by atoms with Gasteiger partial charge < -0.3 is 10.6 Å². The molecule has 1 atom stereocenters. The summed E-state index contributed by atoms with van der Waals surface area (Å²) in [5.41, 5.74) is 5.69. The third-order valence-electron chi connectivity index (χ3n) is 2.79. The van der Waals surface area contributed by atoms with Crippen molar-refractivity contribution in [3.8, 4) is 0 Å². The smallest absolute Gasteiger partial charge is 0.332 e. The molecule has 0 aliphatic carbocycles. The molecule has 0 saturated heterocycles. The van der Waals surface area contributed by atoms with Gasteiger partial charge in [0.05, 0.1) is 6.04 Å². The first kappa shape index (κ1) is 16.9. The number of carbonyl (C=O) groups is 2. The van der Waals surface area contributed by atoms with E-state index in [9.17, 15) is 9.59 Å². The Balaban J connectivity index is 3.96. The first-order valence-corrected chi connectivity index (χ1v) is 6.64. The predicted octanol–water partition coefficient (Wildman–Crippen LogP) is 1.86. The van der Waals surface area contributed by atoms with E-state index in [2.05, 4.69) is 6.92 Å². The summed E-state index contributed by atoms with van der Waals surface area (Å²) in [7, 11) is 1.43. The van der Waals surface area contributed by atoms with Gasteiger partial charge in [-0.05, 0) is 12.3 Å². The molecule has 0 bridgehead atoms. The average molecular weight is 258 g/mol. The zero-order valence-corrected chi connectivity index (χ0v) is 11.9. The van der Waals surface area contributed by atoms with Crippen molar-refractivity contribution < 1.29 is 14.4 Å². The number of hydrogen-bond donors (Lipinski definition) is 1. The van der Waals surface area contributed by atoms with Gasteiger partial charge in [0.1, 0.15) is 0 Å². The molecule has 5 nitrogen and oxygen atoms in total. The number of unbranched alkanes of at least 4 members (excludes halogenated alkanes) is 3. The van der Waals surface area contributed by atoms with Gasteiger partial charge in [0.15, 0.2) is 0 Å². The van der Waals surface area contributed by atoms with Gasteiger partial charge >= 0.3 is 5.97 Å². The Labute approximate surface area is 110 Å². The maximum absolute atomic E-state index is 11.7. The Morgan fingerprint density at radius 3 is 2.33 bits per heavy atom. The fourth-order valence-electron chi connectivity index (χ4n) is 1.43. The molecule has 0 rings (SSSR count). The van der Waals surface area contributed by atoms with Crippen molar-refractivity contribution in [3.63, 3.8) is 0 Å². The fraction of sp³-hybridized carbons (Fsp3) is 0.846. The molecule has 0 aromatic heterocycles.